The van der Waals surface area contributed by atoms with Crippen molar-refractivity contribution in [3.63, 3.8) is 0 Å². The van der Waals surface area contributed by atoms with Crippen LogP contribution in [-0.2, 0) is 4.79 Å². The number of ether oxygens (including phenoxy) is 4. The van der Waals surface area contributed by atoms with Crippen LogP contribution in [0.1, 0.15) is 16.7 Å². The average molecular weight is 472 g/mol. The first-order valence-corrected chi connectivity index (χ1v) is 11.0. The van der Waals surface area contributed by atoms with Crippen LogP contribution in [0.15, 0.2) is 79.4 Å². The highest BCUT2D eigenvalue weighted by Gasteiger charge is 2.12. The van der Waals surface area contributed by atoms with Crippen molar-refractivity contribution in [2.45, 2.75) is 0 Å². The Hall–Kier alpha value is -4.45. The third-order valence-corrected chi connectivity index (χ3v) is 5.01. The van der Waals surface area contributed by atoms with E-state index in [2.05, 4.69) is 11.9 Å². The number of nitrogens with one attached hydrogen (secondary N) is 1. The summed E-state index contributed by atoms with van der Waals surface area (Å²) in [5, 5.41) is 2.94. The Balaban J connectivity index is 1.75. The van der Waals surface area contributed by atoms with E-state index in [9.17, 15) is 4.79 Å². The highest BCUT2D eigenvalue weighted by molar-refractivity contribution is 6.03. The lowest BCUT2D eigenvalue weighted by Gasteiger charge is -2.13. The van der Waals surface area contributed by atoms with E-state index < -0.39 is 0 Å². The van der Waals surface area contributed by atoms with E-state index in [1.807, 2.05) is 72.8 Å². The van der Waals surface area contributed by atoms with Crippen LogP contribution < -0.4 is 24.3 Å². The summed E-state index contributed by atoms with van der Waals surface area (Å²) in [6, 6.07) is 18.8. The first kappa shape index (κ1) is 25.2. The van der Waals surface area contributed by atoms with Gasteiger partial charge in [-0.25, -0.2) is 0 Å². The van der Waals surface area contributed by atoms with Crippen LogP contribution in [0.25, 0.3) is 18.2 Å². The lowest BCUT2D eigenvalue weighted by Crippen LogP contribution is -2.08. The third kappa shape index (κ3) is 7.01. The molecule has 1 N–H and O–H groups in total. The summed E-state index contributed by atoms with van der Waals surface area (Å²) in [4.78, 5) is 12.6. The molecular formula is C29H29NO5. The predicted molar refractivity (Wildman–Crippen MR) is 141 cm³/mol. The highest BCUT2D eigenvalue weighted by Crippen LogP contribution is 2.38. The molecule has 6 nitrogen and oxygen atoms in total. The lowest BCUT2D eigenvalue weighted by molar-refractivity contribution is -0.111. The second kappa shape index (κ2) is 12.7. The Labute approximate surface area is 206 Å². The Morgan fingerprint density at radius 1 is 0.857 bits per heavy atom. The molecule has 0 fully saturated rings. The monoisotopic (exact) mass is 471 g/mol. The number of carbonyl (C=O) groups excluding carboxylic acids is 1. The lowest BCUT2D eigenvalue weighted by atomic mass is 10.1. The van der Waals surface area contributed by atoms with Gasteiger partial charge in [0.15, 0.2) is 11.5 Å². The molecule has 0 atom stereocenters. The van der Waals surface area contributed by atoms with Gasteiger partial charge in [0, 0.05) is 11.8 Å². The molecule has 0 radical (unpaired) electrons. The number of hydrogen-bond donors (Lipinski definition) is 1. The topological polar surface area (TPSA) is 66.0 Å². The zero-order valence-electron chi connectivity index (χ0n) is 20.1. The quantitative estimate of drug-likeness (QED) is 0.208. The Morgan fingerprint density at radius 2 is 1.60 bits per heavy atom. The molecule has 0 bridgehead atoms. The molecule has 35 heavy (non-hydrogen) atoms. The number of anilines is 1. The molecule has 6 heteroatoms. The van der Waals surface area contributed by atoms with Crippen molar-refractivity contribution in [2.24, 2.45) is 0 Å². The first-order chi connectivity index (χ1) is 17.1. The minimum absolute atomic E-state index is 0.240. The van der Waals surface area contributed by atoms with E-state index in [-0.39, 0.29) is 5.91 Å². The van der Waals surface area contributed by atoms with Gasteiger partial charge < -0.3 is 24.3 Å². The van der Waals surface area contributed by atoms with E-state index in [1.54, 1.807) is 33.5 Å². The van der Waals surface area contributed by atoms with Crippen LogP contribution in [0, 0.1) is 0 Å². The number of rotatable bonds is 11. The van der Waals surface area contributed by atoms with Crippen LogP contribution in [0.2, 0.25) is 0 Å². The van der Waals surface area contributed by atoms with Crippen molar-refractivity contribution in [2.75, 3.05) is 33.3 Å². The summed E-state index contributed by atoms with van der Waals surface area (Å²) < 4.78 is 21.8. The molecule has 1 amide bonds. The molecule has 0 aliphatic heterocycles. The molecule has 3 aromatic rings. The zero-order valence-corrected chi connectivity index (χ0v) is 20.1. The molecule has 0 heterocycles. The largest absolute Gasteiger partial charge is 0.493 e. The Bertz CT molecular complexity index is 1200. The second-order valence-electron chi connectivity index (χ2n) is 7.37. The molecule has 180 valence electrons. The van der Waals surface area contributed by atoms with E-state index in [4.69, 9.17) is 18.9 Å². The summed E-state index contributed by atoms with van der Waals surface area (Å²) in [6.45, 7) is 4.07. The predicted octanol–water partition coefficient (Wildman–Crippen LogP) is 6.10. The van der Waals surface area contributed by atoms with Crippen LogP contribution >= 0.6 is 0 Å². The van der Waals surface area contributed by atoms with Crippen molar-refractivity contribution < 1.29 is 23.7 Å². The van der Waals surface area contributed by atoms with Gasteiger partial charge in [0.1, 0.15) is 12.4 Å². The second-order valence-corrected chi connectivity index (χ2v) is 7.37. The van der Waals surface area contributed by atoms with Gasteiger partial charge in [0.05, 0.1) is 21.3 Å². The molecule has 3 aromatic carbocycles. The number of hydrogen-bond acceptors (Lipinski definition) is 5. The van der Waals surface area contributed by atoms with E-state index in [0.29, 0.717) is 29.5 Å². The third-order valence-electron chi connectivity index (χ3n) is 5.01. The first-order valence-electron chi connectivity index (χ1n) is 11.0. The normalized spacial score (nSPS) is 10.8. The molecule has 0 saturated heterocycles. The number of methoxy groups -OCH3 is 3. The molecule has 0 aliphatic carbocycles. The van der Waals surface area contributed by atoms with Crippen molar-refractivity contribution in [3.05, 3.63) is 96.1 Å². The molecule has 0 unspecified atom stereocenters. The molecule has 0 spiro atoms. The summed E-state index contributed by atoms with van der Waals surface area (Å²) in [6.07, 6.45) is 8.75. The van der Waals surface area contributed by atoms with Crippen molar-refractivity contribution in [1.29, 1.82) is 0 Å². The van der Waals surface area contributed by atoms with Gasteiger partial charge in [-0.1, -0.05) is 55.1 Å². The Morgan fingerprint density at radius 3 is 2.29 bits per heavy atom. The maximum Gasteiger partial charge on any atom is 0.248 e. The van der Waals surface area contributed by atoms with Crippen LogP contribution in [0.3, 0.4) is 0 Å². The zero-order chi connectivity index (χ0) is 25.0. The van der Waals surface area contributed by atoms with Crippen LogP contribution in [0.5, 0.6) is 23.0 Å². The molecule has 3 rings (SSSR count). The van der Waals surface area contributed by atoms with Crippen molar-refractivity contribution >= 4 is 29.8 Å². The summed E-state index contributed by atoms with van der Waals surface area (Å²) >= 11 is 0. The SMILES string of the molecule is C=CCOc1cccc(/C=C/C(=O)Nc2ccccc2/C=C/c2cc(OC)c(OC)c(OC)c2)c1. The van der Waals surface area contributed by atoms with Crippen molar-refractivity contribution in [3.8, 4) is 23.0 Å². The standard InChI is InChI=1S/C29H29NO5/c1-5-17-35-24-11-8-9-21(18-24)14-16-28(31)30-25-12-7-6-10-23(25)15-13-22-19-26(32-2)29(34-4)27(20-22)33-3/h5-16,18-20H,1,17H2,2-4H3,(H,30,31)/b15-13+,16-14+. The number of carbonyl (C=O) groups is 1. The van der Waals surface area contributed by atoms with Gasteiger partial charge in [0.2, 0.25) is 11.7 Å². The molecule has 0 saturated carbocycles. The number of amides is 1. The fraction of sp³-hybridized carbons (Fsp3) is 0.138. The average Bonchev–Trinajstić information content (AvgIpc) is 2.89. The minimum Gasteiger partial charge on any atom is -0.493 e. The van der Waals surface area contributed by atoms with Gasteiger partial charge in [0.25, 0.3) is 0 Å². The molecule has 0 aromatic heterocycles. The van der Waals surface area contributed by atoms with Gasteiger partial charge in [-0.2, -0.15) is 0 Å². The van der Waals surface area contributed by atoms with Crippen molar-refractivity contribution in [1.82, 2.24) is 0 Å². The summed E-state index contributed by atoms with van der Waals surface area (Å²) in [7, 11) is 4.72. The van der Waals surface area contributed by atoms with Gasteiger partial charge in [-0.05, 0) is 53.1 Å². The maximum absolute atomic E-state index is 12.6. The molecule has 0 aliphatic rings. The fourth-order valence-electron chi connectivity index (χ4n) is 3.35. The summed E-state index contributed by atoms with van der Waals surface area (Å²) in [5.74, 6) is 2.14. The van der Waals surface area contributed by atoms with E-state index in [1.165, 1.54) is 6.08 Å². The van der Waals surface area contributed by atoms with Crippen LogP contribution in [-0.4, -0.2) is 33.8 Å². The molecular weight excluding hydrogens is 442 g/mol. The number of benzene rings is 3. The van der Waals surface area contributed by atoms with Gasteiger partial charge in [-0.15, -0.1) is 0 Å². The number of para-hydroxylation sites is 1. The Kier molecular flexibility index (Phi) is 9.14. The van der Waals surface area contributed by atoms with E-state index in [0.717, 1.165) is 22.4 Å². The van der Waals surface area contributed by atoms with Gasteiger partial charge in [-0.3, -0.25) is 4.79 Å². The van der Waals surface area contributed by atoms with E-state index >= 15 is 0 Å². The maximum atomic E-state index is 12.6. The highest BCUT2D eigenvalue weighted by atomic mass is 16.5. The fourth-order valence-corrected chi connectivity index (χ4v) is 3.35. The van der Waals surface area contributed by atoms with Gasteiger partial charge >= 0.3 is 0 Å². The minimum atomic E-state index is -0.240. The van der Waals surface area contributed by atoms with Crippen LogP contribution in [0.4, 0.5) is 5.69 Å². The smallest absolute Gasteiger partial charge is 0.248 e. The summed E-state index contributed by atoms with van der Waals surface area (Å²) in [5.41, 5.74) is 3.26.